The highest BCUT2D eigenvalue weighted by Crippen LogP contribution is 2.20. The number of hydrogen-bond donors (Lipinski definition) is 2. The Morgan fingerprint density at radius 1 is 1.53 bits per heavy atom. The number of halogens is 1. The summed E-state index contributed by atoms with van der Waals surface area (Å²) < 4.78 is 0.734. The second-order valence-corrected chi connectivity index (χ2v) is 6.20. The summed E-state index contributed by atoms with van der Waals surface area (Å²) in [5.74, 6) is 0. The Labute approximate surface area is 102 Å². The fraction of sp³-hybridized carbons (Fsp3) is 0.750. The Kier molecular flexibility index (Phi) is 4.45. The van der Waals surface area contributed by atoms with E-state index in [0.717, 1.165) is 3.92 Å². The van der Waals surface area contributed by atoms with Gasteiger partial charge >= 0.3 is 0 Å². The van der Waals surface area contributed by atoms with Gasteiger partial charge in [0.2, 0.25) is 5.13 Å². The maximum absolute atomic E-state index is 9.99. The Bertz CT molecular complexity index is 315. The normalized spacial score (nSPS) is 15.3. The van der Waals surface area contributed by atoms with Gasteiger partial charge in [0.1, 0.15) is 0 Å². The number of aliphatic hydroxyl groups is 1. The van der Waals surface area contributed by atoms with Crippen molar-refractivity contribution in [2.24, 2.45) is 0 Å². The van der Waals surface area contributed by atoms with E-state index in [1.54, 1.807) is 6.92 Å². The molecule has 0 saturated carbocycles. The predicted molar refractivity (Wildman–Crippen MR) is 65.3 cm³/mol. The van der Waals surface area contributed by atoms with Gasteiger partial charge in [-0.15, -0.1) is 10.2 Å². The van der Waals surface area contributed by atoms with Gasteiger partial charge in [0.05, 0.1) is 5.60 Å². The van der Waals surface area contributed by atoms with E-state index in [-0.39, 0.29) is 0 Å². The number of rotatable bonds is 5. The van der Waals surface area contributed by atoms with Crippen LogP contribution in [0.25, 0.3) is 0 Å². The molecule has 7 heteroatoms. The third-order valence-electron chi connectivity index (χ3n) is 1.68. The topological polar surface area (TPSA) is 61.3 Å². The van der Waals surface area contributed by atoms with Gasteiger partial charge in [-0.3, -0.25) is 0 Å². The second kappa shape index (κ2) is 5.20. The van der Waals surface area contributed by atoms with Crippen LogP contribution in [0.5, 0.6) is 0 Å². The van der Waals surface area contributed by atoms with Crippen LogP contribution in [0.3, 0.4) is 0 Å². The second-order valence-electron chi connectivity index (χ2n) is 3.95. The molecule has 0 aromatic carbocycles. The van der Waals surface area contributed by atoms with E-state index in [2.05, 4.69) is 31.4 Å². The molecule has 15 heavy (non-hydrogen) atoms. The highest BCUT2D eigenvalue weighted by Gasteiger charge is 2.21. The van der Waals surface area contributed by atoms with Gasteiger partial charge < -0.3 is 15.3 Å². The summed E-state index contributed by atoms with van der Waals surface area (Å²) >= 11 is 4.63. The first kappa shape index (κ1) is 12.8. The Balaban J connectivity index is 2.42. The highest BCUT2D eigenvalue weighted by molar-refractivity contribution is 9.11. The highest BCUT2D eigenvalue weighted by atomic mass is 79.9. The van der Waals surface area contributed by atoms with E-state index in [1.807, 2.05) is 19.0 Å². The van der Waals surface area contributed by atoms with Crippen molar-refractivity contribution < 1.29 is 5.11 Å². The van der Waals surface area contributed by atoms with Gasteiger partial charge in [-0.2, -0.15) is 0 Å². The molecule has 1 atom stereocenters. The van der Waals surface area contributed by atoms with E-state index in [4.69, 9.17) is 0 Å². The van der Waals surface area contributed by atoms with Crippen LogP contribution in [0.15, 0.2) is 3.92 Å². The van der Waals surface area contributed by atoms with Gasteiger partial charge in [-0.25, -0.2) is 0 Å². The average molecular weight is 295 g/mol. The molecule has 0 spiro atoms. The number of hydrogen-bond acceptors (Lipinski definition) is 6. The summed E-state index contributed by atoms with van der Waals surface area (Å²) in [7, 11) is 3.85. The molecular formula is C8H15BrN4OS. The summed E-state index contributed by atoms with van der Waals surface area (Å²) in [5.41, 5.74) is -0.776. The van der Waals surface area contributed by atoms with E-state index < -0.39 is 5.60 Å². The zero-order valence-electron chi connectivity index (χ0n) is 8.99. The SMILES string of the molecule is CN(C)CC(C)(O)CNc1nnc(Br)s1. The standard InChI is InChI=1S/C8H15BrN4OS/c1-8(14,5-13(2)3)4-10-7-12-11-6(9)15-7/h14H,4-5H2,1-3H3,(H,10,12). The monoisotopic (exact) mass is 294 g/mol. The van der Waals surface area contributed by atoms with Crippen LogP contribution in [-0.4, -0.2) is 53.0 Å². The minimum Gasteiger partial charge on any atom is -0.387 e. The van der Waals surface area contributed by atoms with Crippen molar-refractivity contribution in [3.8, 4) is 0 Å². The van der Waals surface area contributed by atoms with Gasteiger partial charge in [-0.1, -0.05) is 11.3 Å². The predicted octanol–water partition coefficient (Wildman–Crippen LogP) is 1.03. The first-order valence-corrected chi connectivity index (χ1v) is 6.10. The van der Waals surface area contributed by atoms with Crippen molar-refractivity contribution in [1.29, 1.82) is 0 Å². The first-order valence-electron chi connectivity index (χ1n) is 4.49. The quantitative estimate of drug-likeness (QED) is 0.849. The van der Waals surface area contributed by atoms with Crippen molar-refractivity contribution in [3.63, 3.8) is 0 Å². The van der Waals surface area contributed by atoms with Crippen LogP contribution in [0.1, 0.15) is 6.92 Å². The first-order chi connectivity index (χ1) is 6.89. The molecule has 0 radical (unpaired) electrons. The molecule has 0 fully saturated rings. The summed E-state index contributed by atoms with van der Waals surface area (Å²) in [6, 6.07) is 0. The van der Waals surface area contributed by atoms with Crippen molar-refractivity contribution >= 4 is 32.4 Å². The van der Waals surface area contributed by atoms with Crippen LogP contribution in [0.2, 0.25) is 0 Å². The molecule has 1 aromatic rings. The third-order valence-corrected chi connectivity index (χ3v) is 2.99. The van der Waals surface area contributed by atoms with Crippen LogP contribution in [0, 0.1) is 0 Å². The summed E-state index contributed by atoms with van der Waals surface area (Å²) in [5, 5.41) is 21.4. The molecular weight excluding hydrogens is 280 g/mol. The molecule has 0 aliphatic heterocycles. The molecule has 1 rings (SSSR count). The van der Waals surface area contributed by atoms with E-state index in [1.165, 1.54) is 11.3 Å². The van der Waals surface area contributed by atoms with Crippen LogP contribution >= 0.6 is 27.3 Å². The third kappa shape index (κ3) is 4.87. The van der Waals surface area contributed by atoms with Gasteiger partial charge in [-0.05, 0) is 36.9 Å². The minimum absolute atomic E-state index is 0.451. The summed E-state index contributed by atoms with van der Waals surface area (Å²) in [6.07, 6.45) is 0. The molecule has 1 unspecified atom stereocenters. The summed E-state index contributed by atoms with van der Waals surface area (Å²) in [6.45, 7) is 2.84. The molecule has 0 amide bonds. The summed E-state index contributed by atoms with van der Waals surface area (Å²) in [4.78, 5) is 1.94. The number of anilines is 1. The van der Waals surface area contributed by atoms with Crippen LogP contribution in [-0.2, 0) is 0 Å². The average Bonchev–Trinajstić information content (AvgIpc) is 2.46. The van der Waals surface area contributed by atoms with E-state index in [0.29, 0.717) is 18.2 Å². The lowest BCUT2D eigenvalue weighted by molar-refractivity contribution is 0.0459. The lowest BCUT2D eigenvalue weighted by Crippen LogP contribution is -2.43. The molecule has 2 N–H and O–H groups in total. The molecule has 0 bridgehead atoms. The van der Waals surface area contributed by atoms with Gasteiger partial charge in [0, 0.05) is 13.1 Å². The Hall–Kier alpha value is -0.240. The maximum Gasteiger partial charge on any atom is 0.206 e. The number of nitrogens with zero attached hydrogens (tertiary/aromatic N) is 3. The van der Waals surface area contributed by atoms with E-state index >= 15 is 0 Å². The lowest BCUT2D eigenvalue weighted by Gasteiger charge is -2.26. The van der Waals surface area contributed by atoms with Crippen molar-refractivity contribution in [2.45, 2.75) is 12.5 Å². The van der Waals surface area contributed by atoms with E-state index in [9.17, 15) is 5.11 Å². The molecule has 0 saturated heterocycles. The van der Waals surface area contributed by atoms with Crippen molar-refractivity contribution in [2.75, 3.05) is 32.5 Å². The molecule has 1 aromatic heterocycles. The fourth-order valence-corrected chi connectivity index (χ4v) is 2.29. The zero-order chi connectivity index (χ0) is 11.5. The minimum atomic E-state index is -0.776. The number of likely N-dealkylation sites (N-methyl/N-ethyl adjacent to an activating group) is 1. The fourth-order valence-electron chi connectivity index (χ4n) is 1.28. The van der Waals surface area contributed by atoms with Gasteiger partial charge in [0.25, 0.3) is 0 Å². The number of nitrogens with one attached hydrogen (secondary N) is 1. The molecule has 0 aliphatic rings. The smallest absolute Gasteiger partial charge is 0.206 e. The molecule has 1 heterocycles. The Morgan fingerprint density at radius 3 is 2.67 bits per heavy atom. The molecule has 86 valence electrons. The van der Waals surface area contributed by atoms with Crippen molar-refractivity contribution in [3.05, 3.63) is 3.92 Å². The molecule has 5 nitrogen and oxygen atoms in total. The number of aromatic nitrogens is 2. The molecule has 0 aliphatic carbocycles. The van der Waals surface area contributed by atoms with Crippen molar-refractivity contribution in [1.82, 2.24) is 15.1 Å². The zero-order valence-corrected chi connectivity index (χ0v) is 11.4. The van der Waals surface area contributed by atoms with Gasteiger partial charge in [0.15, 0.2) is 3.92 Å². The largest absolute Gasteiger partial charge is 0.387 e. The lowest BCUT2D eigenvalue weighted by atomic mass is 10.1. The Morgan fingerprint density at radius 2 is 2.20 bits per heavy atom. The maximum atomic E-state index is 9.99. The van der Waals surface area contributed by atoms with Crippen LogP contribution < -0.4 is 5.32 Å². The van der Waals surface area contributed by atoms with Crippen LogP contribution in [0.4, 0.5) is 5.13 Å².